The Balaban J connectivity index is 2.26. The molecule has 7 heteroatoms. The van der Waals surface area contributed by atoms with Gasteiger partial charge in [-0.05, 0) is 43.9 Å². The van der Waals surface area contributed by atoms with Crippen LogP contribution in [0.2, 0.25) is 0 Å². The molecular weight excluding hydrogens is 339 g/mol. The third-order valence-electron chi connectivity index (χ3n) is 5.08. The number of hydrogen-bond donors (Lipinski definition) is 3. The van der Waals surface area contributed by atoms with Gasteiger partial charge in [0.05, 0.1) is 17.5 Å². The summed E-state index contributed by atoms with van der Waals surface area (Å²) >= 11 is 0. The zero-order valence-corrected chi connectivity index (χ0v) is 15.1. The van der Waals surface area contributed by atoms with E-state index in [1.54, 1.807) is 6.92 Å². The minimum absolute atomic E-state index is 0.0612. The van der Waals surface area contributed by atoms with Gasteiger partial charge in [0, 0.05) is 12.6 Å². The zero-order chi connectivity index (χ0) is 19.3. The largest absolute Gasteiger partial charge is 0.481 e. The topological polar surface area (TPSA) is 95.5 Å². The van der Waals surface area contributed by atoms with Crippen molar-refractivity contribution in [2.75, 3.05) is 10.6 Å². The molecule has 6 nitrogen and oxygen atoms in total. The summed E-state index contributed by atoms with van der Waals surface area (Å²) in [5.74, 6) is -2.58. The van der Waals surface area contributed by atoms with Crippen molar-refractivity contribution in [1.82, 2.24) is 0 Å². The van der Waals surface area contributed by atoms with Gasteiger partial charge in [-0.25, -0.2) is 4.39 Å². The van der Waals surface area contributed by atoms with Crippen LogP contribution in [0.4, 0.5) is 15.8 Å². The van der Waals surface area contributed by atoms with Crippen LogP contribution < -0.4 is 10.6 Å². The Morgan fingerprint density at radius 2 is 1.85 bits per heavy atom. The van der Waals surface area contributed by atoms with Crippen LogP contribution in [0.5, 0.6) is 0 Å². The SMILES string of the molecule is CC(=O)Nc1ccc(F)c(NC(=O)[C@](C)(CC(=O)O)C2CCCCC2)c1. The van der Waals surface area contributed by atoms with Crippen molar-refractivity contribution in [2.24, 2.45) is 11.3 Å². The van der Waals surface area contributed by atoms with Crippen LogP contribution in [0.3, 0.4) is 0 Å². The van der Waals surface area contributed by atoms with E-state index in [2.05, 4.69) is 10.6 Å². The van der Waals surface area contributed by atoms with Crippen molar-refractivity contribution >= 4 is 29.2 Å². The van der Waals surface area contributed by atoms with Gasteiger partial charge in [0.1, 0.15) is 5.82 Å². The molecule has 2 amide bonds. The number of carbonyl (C=O) groups is 3. The van der Waals surface area contributed by atoms with Crippen molar-refractivity contribution in [2.45, 2.75) is 52.4 Å². The summed E-state index contributed by atoms with van der Waals surface area (Å²) in [6.45, 7) is 2.97. The molecule has 1 aromatic rings. The average Bonchev–Trinajstić information content (AvgIpc) is 2.57. The summed E-state index contributed by atoms with van der Waals surface area (Å²) in [5, 5.41) is 14.4. The molecule has 1 aliphatic rings. The first kappa shape index (κ1) is 19.9. The number of hydrogen-bond acceptors (Lipinski definition) is 3. The average molecular weight is 364 g/mol. The van der Waals surface area contributed by atoms with Gasteiger partial charge in [0.15, 0.2) is 0 Å². The Morgan fingerprint density at radius 3 is 2.42 bits per heavy atom. The first-order valence-electron chi connectivity index (χ1n) is 8.83. The highest BCUT2D eigenvalue weighted by molar-refractivity contribution is 5.98. The molecule has 0 saturated heterocycles. The summed E-state index contributed by atoms with van der Waals surface area (Å²) in [5.41, 5.74) is -0.844. The van der Waals surface area contributed by atoms with Gasteiger partial charge in [-0.15, -0.1) is 0 Å². The molecular formula is C19H25FN2O4. The van der Waals surface area contributed by atoms with E-state index in [0.29, 0.717) is 5.69 Å². The Bertz CT molecular complexity index is 701. The molecule has 142 valence electrons. The monoisotopic (exact) mass is 364 g/mol. The fraction of sp³-hybridized carbons (Fsp3) is 0.526. The number of aliphatic carboxylic acids is 1. The maximum absolute atomic E-state index is 14.1. The Labute approximate surface area is 152 Å². The first-order chi connectivity index (χ1) is 12.2. The predicted octanol–water partition coefficient (Wildman–Crippen LogP) is 3.78. The number of carboxylic acid groups (broad SMARTS) is 1. The predicted molar refractivity (Wildman–Crippen MR) is 96.3 cm³/mol. The maximum atomic E-state index is 14.1. The van der Waals surface area contributed by atoms with Crippen LogP contribution in [0.25, 0.3) is 0 Å². The van der Waals surface area contributed by atoms with Crippen LogP contribution in [-0.2, 0) is 14.4 Å². The Hall–Kier alpha value is -2.44. The lowest BCUT2D eigenvalue weighted by Gasteiger charge is -2.37. The van der Waals surface area contributed by atoms with E-state index < -0.39 is 23.1 Å². The van der Waals surface area contributed by atoms with Crippen molar-refractivity contribution in [1.29, 1.82) is 0 Å². The molecule has 0 spiro atoms. The summed E-state index contributed by atoms with van der Waals surface area (Å²) in [4.78, 5) is 35.4. The van der Waals surface area contributed by atoms with E-state index in [1.165, 1.54) is 19.1 Å². The van der Waals surface area contributed by atoms with Gasteiger partial charge in [0.25, 0.3) is 0 Å². The minimum Gasteiger partial charge on any atom is -0.481 e. The molecule has 1 aromatic carbocycles. The van der Waals surface area contributed by atoms with Crippen LogP contribution in [0, 0.1) is 17.2 Å². The maximum Gasteiger partial charge on any atom is 0.304 e. The molecule has 0 radical (unpaired) electrons. The fourth-order valence-electron chi connectivity index (χ4n) is 3.63. The fourth-order valence-corrected chi connectivity index (χ4v) is 3.63. The van der Waals surface area contributed by atoms with E-state index in [-0.39, 0.29) is 23.9 Å². The normalized spacial score (nSPS) is 17.2. The van der Waals surface area contributed by atoms with Gasteiger partial charge in [-0.2, -0.15) is 0 Å². The molecule has 0 unspecified atom stereocenters. The third kappa shape index (κ3) is 4.80. The third-order valence-corrected chi connectivity index (χ3v) is 5.08. The number of carboxylic acids is 1. The van der Waals surface area contributed by atoms with Crippen molar-refractivity contribution in [3.8, 4) is 0 Å². The molecule has 0 aliphatic heterocycles. The minimum atomic E-state index is -1.12. The molecule has 0 bridgehead atoms. The van der Waals surface area contributed by atoms with Gasteiger partial charge in [0.2, 0.25) is 11.8 Å². The number of rotatable bonds is 6. The molecule has 0 heterocycles. The van der Waals surface area contributed by atoms with E-state index in [0.717, 1.165) is 38.2 Å². The second-order valence-electron chi connectivity index (χ2n) is 7.15. The smallest absolute Gasteiger partial charge is 0.304 e. The summed E-state index contributed by atoms with van der Waals surface area (Å²) in [6, 6.07) is 3.87. The Kier molecular flexibility index (Phi) is 6.34. The highest BCUT2D eigenvalue weighted by Gasteiger charge is 2.43. The molecule has 2 rings (SSSR count). The van der Waals surface area contributed by atoms with E-state index >= 15 is 0 Å². The van der Waals surface area contributed by atoms with Crippen molar-refractivity contribution < 1.29 is 23.9 Å². The van der Waals surface area contributed by atoms with Crippen LogP contribution in [-0.4, -0.2) is 22.9 Å². The summed E-state index contributed by atoms with van der Waals surface area (Å²) in [6.07, 6.45) is 4.25. The first-order valence-corrected chi connectivity index (χ1v) is 8.83. The molecule has 1 aliphatic carbocycles. The molecule has 1 saturated carbocycles. The number of benzene rings is 1. The molecule has 0 aromatic heterocycles. The van der Waals surface area contributed by atoms with Gasteiger partial charge < -0.3 is 15.7 Å². The lowest BCUT2D eigenvalue weighted by Crippen LogP contribution is -2.42. The number of halogens is 1. The zero-order valence-electron chi connectivity index (χ0n) is 15.1. The standard InChI is InChI=1S/C19H25FN2O4/c1-12(23)21-14-8-9-15(20)16(10-14)22-18(26)19(2,11-17(24)25)13-6-4-3-5-7-13/h8-10,13H,3-7,11H2,1-2H3,(H,21,23)(H,22,26)(H,24,25)/t19-/m1/s1. The van der Waals surface area contributed by atoms with Gasteiger partial charge in [-0.3, -0.25) is 14.4 Å². The number of nitrogens with one attached hydrogen (secondary N) is 2. The lowest BCUT2D eigenvalue weighted by molar-refractivity contribution is -0.145. The summed E-state index contributed by atoms with van der Waals surface area (Å²) < 4.78 is 14.1. The van der Waals surface area contributed by atoms with E-state index in [1.807, 2.05) is 0 Å². The quantitative estimate of drug-likeness (QED) is 0.716. The summed E-state index contributed by atoms with van der Waals surface area (Å²) in [7, 11) is 0. The van der Waals surface area contributed by atoms with Crippen LogP contribution in [0.15, 0.2) is 18.2 Å². The second-order valence-corrected chi connectivity index (χ2v) is 7.15. The highest BCUT2D eigenvalue weighted by atomic mass is 19.1. The Morgan fingerprint density at radius 1 is 1.19 bits per heavy atom. The number of carbonyl (C=O) groups excluding carboxylic acids is 2. The second kappa shape index (κ2) is 8.29. The molecule has 1 atom stereocenters. The molecule has 3 N–H and O–H groups in total. The molecule has 26 heavy (non-hydrogen) atoms. The van der Waals surface area contributed by atoms with Gasteiger partial charge >= 0.3 is 5.97 Å². The van der Waals surface area contributed by atoms with E-state index in [9.17, 15) is 23.9 Å². The van der Waals surface area contributed by atoms with Crippen LogP contribution in [0.1, 0.15) is 52.4 Å². The van der Waals surface area contributed by atoms with Gasteiger partial charge in [-0.1, -0.05) is 19.3 Å². The number of amides is 2. The number of anilines is 2. The lowest BCUT2D eigenvalue weighted by atomic mass is 9.67. The highest BCUT2D eigenvalue weighted by Crippen LogP contribution is 2.42. The van der Waals surface area contributed by atoms with Crippen LogP contribution >= 0.6 is 0 Å². The van der Waals surface area contributed by atoms with Crippen molar-refractivity contribution in [3.05, 3.63) is 24.0 Å². The van der Waals surface area contributed by atoms with Crippen molar-refractivity contribution in [3.63, 3.8) is 0 Å². The van der Waals surface area contributed by atoms with E-state index in [4.69, 9.17) is 0 Å². The molecule has 1 fully saturated rings.